The van der Waals surface area contributed by atoms with E-state index >= 15 is 0 Å². The van der Waals surface area contributed by atoms with Gasteiger partial charge in [-0.2, -0.15) is 8.78 Å². The summed E-state index contributed by atoms with van der Waals surface area (Å²) < 4.78 is 34.5. The predicted molar refractivity (Wildman–Crippen MR) is 72.2 cm³/mol. The first-order valence-electron chi connectivity index (χ1n) is 6.46. The van der Waals surface area contributed by atoms with Crippen LogP contribution in [0.4, 0.5) is 8.78 Å². The third-order valence-corrected chi connectivity index (χ3v) is 2.82. The maximum absolute atomic E-state index is 12.5. The van der Waals surface area contributed by atoms with Crippen LogP contribution in [-0.2, 0) is 6.54 Å². The highest BCUT2D eigenvalue weighted by molar-refractivity contribution is 5.46. The normalized spacial score (nSPS) is 14.2. The SMILES string of the molecule is COc1cccc(CNC(C)CC(C)O)c1OC(F)F. The second-order valence-corrected chi connectivity index (χ2v) is 4.69. The van der Waals surface area contributed by atoms with Crippen molar-refractivity contribution >= 4 is 0 Å². The molecule has 2 unspecified atom stereocenters. The average Bonchev–Trinajstić information content (AvgIpc) is 2.36. The van der Waals surface area contributed by atoms with Crippen LogP contribution >= 0.6 is 0 Å². The Kier molecular flexibility index (Phi) is 6.67. The summed E-state index contributed by atoms with van der Waals surface area (Å²) in [7, 11) is 1.40. The fourth-order valence-corrected chi connectivity index (χ4v) is 1.96. The molecule has 2 N–H and O–H groups in total. The first-order valence-corrected chi connectivity index (χ1v) is 6.46. The Morgan fingerprint density at radius 2 is 2.00 bits per heavy atom. The molecule has 0 spiro atoms. The number of hydrogen-bond acceptors (Lipinski definition) is 4. The Morgan fingerprint density at radius 3 is 2.55 bits per heavy atom. The molecule has 0 heterocycles. The zero-order valence-electron chi connectivity index (χ0n) is 11.9. The predicted octanol–water partition coefficient (Wildman–Crippen LogP) is 2.55. The Balaban J connectivity index is 2.77. The van der Waals surface area contributed by atoms with Gasteiger partial charge < -0.3 is 19.9 Å². The van der Waals surface area contributed by atoms with E-state index in [9.17, 15) is 13.9 Å². The molecule has 0 radical (unpaired) electrons. The summed E-state index contributed by atoms with van der Waals surface area (Å²) in [6.07, 6.45) is 0.161. The lowest BCUT2D eigenvalue weighted by atomic mass is 10.1. The summed E-state index contributed by atoms with van der Waals surface area (Å²) in [5.41, 5.74) is 0.585. The number of aliphatic hydroxyl groups is 1. The van der Waals surface area contributed by atoms with Crippen molar-refractivity contribution in [3.63, 3.8) is 0 Å². The Bertz CT molecular complexity index is 413. The van der Waals surface area contributed by atoms with Gasteiger partial charge in [0.1, 0.15) is 0 Å². The average molecular weight is 289 g/mol. The first kappa shape index (κ1) is 16.7. The molecule has 0 saturated heterocycles. The van der Waals surface area contributed by atoms with Crippen molar-refractivity contribution in [2.75, 3.05) is 7.11 Å². The maximum Gasteiger partial charge on any atom is 0.387 e. The molecule has 1 aromatic rings. The Labute approximate surface area is 117 Å². The molecule has 1 aromatic carbocycles. The zero-order valence-corrected chi connectivity index (χ0v) is 11.9. The van der Waals surface area contributed by atoms with Gasteiger partial charge in [-0.3, -0.25) is 0 Å². The number of ether oxygens (including phenoxy) is 2. The minimum absolute atomic E-state index is 0.0433. The van der Waals surface area contributed by atoms with Crippen molar-refractivity contribution in [3.8, 4) is 11.5 Å². The van der Waals surface area contributed by atoms with Crippen molar-refractivity contribution in [1.82, 2.24) is 5.32 Å². The van der Waals surface area contributed by atoms with Crippen molar-refractivity contribution in [2.45, 2.75) is 45.6 Å². The van der Waals surface area contributed by atoms with E-state index in [1.807, 2.05) is 6.92 Å². The van der Waals surface area contributed by atoms with E-state index in [0.717, 1.165) is 0 Å². The molecule has 0 fully saturated rings. The molecule has 0 amide bonds. The molecule has 2 atom stereocenters. The van der Waals surface area contributed by atoms with Crippen LogP contribution in [0, 0.1) is 0 Å². The van der Waals surface area contributed by atoms with E-state index in [-0.39, 0.29) is 17.5 Å². The summed E-state index contributed by atoms with van der Waals surface area (Å²) in [5.74, 6) is 0.314. The van der Waals surface area contributed by atoms with Gasteiger partial charge in [0.2, 0.25) is 0 Å². The van der Waals surface area contributed by atoms with Gasteiger partial charge in [-0.05, 0) is 26.3 Å². The van der Waals surface area contributed by atoms with Crippen molar-refractivity contribution in [2.24, 2.45) is 0 Å². The van der Waals surface area contributed by atoms with Gasteiger partial charge in [-0.1, -0.05) is 12.1 Å². The lowest BCUT2D eigenvalue weighted by Crippen LogP contribution is -2.29. The summed E-state index contributed by atoms with van der Waals surface area (Å²) >= 11 is 0. The van der Waals surface area contributed by atoms with Gasteiger partial charge >= 0.3 is 6.61 Å². The first-order chi connectivity index (χ1) is 9.43. The molecule has 1 rings (SSSR count). The molecule has 20 heavy (non-hydrogen) atoms. The van der Waals surface area contributed by atoms with Crippen LogP contribution < -0.4 is 14.8 Å². The molecule has 0 saturated carbocycles. The van der Waals surface area contributed by atoms with E-state index < -0.39 is 12.7 Å². The zero-order chi connectivity index (χ0) is 15.1. The number of nitrogens with one attached hydrogen (secondary N) is 1. The van der Waals surface area contributed by atoms with Crippen molar-refractivity contribution < 1.29 is 23.4 Å². The number of methoxy groups -OCH3 is 1. The van der Waals surface area contributed by atoms with Gasteiger partial charge in [-0.25, -0.2) is 0 Å². The van der Waals surface area contributed by atoms with Gasteiger partial charge in [0.15, 0.2) is 11.5 Å². The molecule has 0 bridgehead atoms. The highest BCUT2D eigenvalue weighted by Gasteiger charge is 2.16. The van der Waals surface area contributed by atoms with Gasteiger partial charge in [-0.15, -0.1) is 0 Å². The smallest absolute Gasteiger partial charge is 0.387 e. The van der Waals surface area contributed by atoms with Gasteiger partial charge in [0, 0.05) is 18.2 Å². The summed E-state index contributed by atoms with van der Waals surface area (Å²) in [5, 5.41) is 12.4. The van der Waals surface area contributed by atoms with E-state index in [0.29, 0.717) is 18.5 Å². The summed E-state index contributed by atoms with van der Waals surface area (Å²) in [6.45, 7) is 1.07. The quantitative estimate of drug-likeness (QED) is 0.772. The Hall–Kier alpha value is -1.40. The van der Waals surface area contributed by atoms with Crippen LogP contribution in [0.2, 0.25) is 0 Å². The van der Waals surface area contributed by atoms with E-state index in [1.54, 1.807) is 25.1 Å². The molecule has 4 nitrogen and oxygen atoms in total. The number of benzene rings is 1. The molecular formula is C14H21F2NO3. The molecule has 0 aromatic heterocycles. The number of halogens is 2. The van der Waals surface area contributed by atoms with Gasteiger partial charge in [0.05, 0.1) is 13.2 Å². The third-order valence-electron chi connectivity index (χ3n) is 2.82. The van der Waals surface area contributed by atoms with Crippen LogP contribution in [0.15, 0.2) is 18.2 Å². The minimum Gasteiger partial charge on any atom is -0.493 e. The topological polar surface area (TPSA) is 50.7 Å². The minimum atomic E-state index is -2.90. The molecule has 0 aliphatic heterocycles. The molecule has 0 aliphatic carbocycles. The largest absolute Gasteiger partial charge is 0.493 e. The van der Waals surface area contributed by atoms with Crippen LogP contribution in [0.1, 0.15) is 25.8 Å². The maximum atomic E-state index is 12.5. The van der Waals surface area contributed by atoms with Crippen LogP contribution in [0.3, 0.4) is 0 Å². The lowest BCUT2D eigenvalue weighted by molar-refractivity contribution is -0.0518. The second kappa shape index (κ2) is 8.01. The lowest BCUT2D eigenvalue weighted by Gasteiger charge is -2.18. The summed E-state index contributed by atoms with van der Waals surface area (Å²) in [4.78, 5) is 0. The standard InChI is InChI=1S/C14H21F2NO3/c1-9(7-10(2)18)17-8-11-5-4-6-12(19-3)13(11)20-14(15)16/h4-6,9-10,14,17-18H,7-8H2,1-3H3. The number of rotatable bonds is 8. The molecular weight excluding hydrogens is 268 g/mol. The van der Waals surface area contributed by atoms with Gasteiger partial charge in [0.25, 0.3) is 0 Å². The monoisotopic (exact) mass is 289 g/mol. The highest BCUT2D eigenvalue weighted by atomic mass is 19.3. The van der Waals surface area contributed by atoms with Crippen molar-refractivity contribution in [1.29, 1.82) is 0 Å². The molecule has 114 valence electrons. The van der Waals surface area contributed by atoms with Crippen LogP contribution in [-0.4, -0.2) is 31.0 Å². The number of hydrogen-bond donors (Lipinski definition) is 2. The third kappa shape index (κ3) is 5.30. The highest BCUT2D eigenvalue weighted by Crippen LogP contribution is 2.32. The van der Waals surface area contributed by atoms with E-state index in [2.05, 4.69) is 10.1 Å². The Morgan fingerprint density at radius 1 is 1.30 bits per heavy atom. The van der Waals surface area contributed by atoms with Crippen LogP contribution in [0.5, 0.6) is 11.5 Å². The number of para-hydroxylation sites is 1. The fourth-order valence-electron chi connectivity index (χ4n) is 1.96. The van der Waals surface area contributed by atoms with Crippen molar-refractivity contribution in [3.05, 3.63) is 23.8 Å². The molecule has 6 heteroatoms. The number of aliphatic hydroxyl groups excluding tert-OH is 1. The number of alkyl halides is 2. The van der Waals surface area contributed by atoms with E-state index in [4.69, 9.17) is 4.74 Å². The van der Waals surface area contributed by atoms with Crippen LogP contribution in [0.25, 0.3) is 0 Å². The second-order valence-electron chi connectivity index (χ2n) is 4.69. The van der Waals surface area contributed by atoms with E-state index in [1.165, 1.54) is 7.11 Å². The molecule has 0 aliphatic rings. The summed E-state index contributed by atoms with van der Waals surface area (Å²) in [6, 6.07) is 5.04. The fraction of sp³-hybridized carbons (Fsp3) is 0.571.